The van der Waals surface area contributed by atoms with Crippen LogP contribution in [0.2, 0.25) is 0 Å². The van der Waals surface area contributed by atoms with Crippen molar-refractivity contribution in [3.63, 3.8) is 0 Å². The Kier molecular flexibility index (Phi) is 41.2. The number of carbonyl (C=O) groups excluding carboxylic acids is 2. The first-order valence-corrected chi connectivity index (χ1v) is 23.0. The van der Waals surface area contributed by atoms with E-state index in [1.54, 1.807) is 6.08 Å². The lowest BCUT2D eigenvalue weighted by Gasteiger charge is -2.20. The minimum absolute atomic E-state index is 0.0279. The molecule has 0 aromatic carbocycles. The molecule has 6 heteroatoms. The Morgan fingerprint density at radius 1 is 0.519 bits per heavy atom. The molecule has 0 aliphatic rings. The van der Waals surface area contributed by atoms with E-state index in [0.29, 0.717) is 19.4 Å². The third-order valence-corrected chi connectivity index (χ3v) is 10.6. The third kappa shape index (κ3) is 38.3. The topological polar surface area (TPSA) is 95.9 Å². The van der Waals surface area contributed by atoms with Gasteiger partial charge < -0.3 is 20.3 Å². The van der Waals surface area contributed by atoms with Gasteiger partial charge in [0.15, 0.2) is 0 Å². The Hall–Kier alpha value is -1.40. The van der Waals surface area contributed by atoms with Gasteiger partial charge in [-0.15, -0.1) is 0 Å². The van der Waals surface area contributed by atoms with Crippen LogP contribution in [0.25, 0.3) is 0 Å². The molecule has 0 heterocycles. The van der Waals surface area contributed by atoms with Crippen molar-refractivity contribution in [3.05, 3.63) is 12.2 Å². The zero-order valence-corrected chi connectivity index (χ0v) is 34.8. The van der Waals surface area contributed by atoms with Crippen LogP contribution in [0.15, 0.2) is 12.2 Å². The van der Waals surface area contributed by atoms with Crippen molar-refractivity contribution in [3.8, 4) is 0 Å². The van der Waals surface area contributed by atoms with Gasteiger partial charge in [0.25, 0.3) is 0 Å². The smallest absolute Gasteiger partial charge is 0.305 e. The summed E-state index contributed by atoms with van der Waals surface area (Å²) in [5.41, 5.74) is 0. The molecule has 0 aliphatic carbocycles. The summed E-state index contributed by atoms with van der Waals surface area (Å²) < 4.78 is 5.42. The van der Waals surface area contributed by atoms with E-state index in [0.717, 1.165) is 57.8 Å². The number of esters is 1. The minimum atomic E-state index is -0.859. The normalized spacial score (nSPS) is 12.8. The Bertz CT molecular complexity index is 772. The van der Waals surface area contributed by atoms with E-state index in [2.05, 4.69) is 19.2 Å². The highest BCUT2D eigenvalue weighted by Crippen LogP contribution is 2.15. The molecular formula is C46H89NO5. The van der Waals surface area contributed by atoms with Crippen LogP contribution in [-0.2, 0) is 14.3 Å². The van der Waals surface area contributed by atoms with Crippen LogP contribution in [0, 0.1) is 0 Å². The van der Waals surface area contributed by atoms with E-state index in [1.165, 1.54) is 161 Å². The summed E-state index contributed by atoms with van der Waals surface area (Å²) in [4.78, 5) is 24.3. The van der Waals surface area contributed by atoms with Gasteiger partial charge in [0, 0.05) is 12.8 Å². The van der Waals surface area contributed by atoms with Crippen molar-refractivity contribution in [1.82, 2.24) is 5.32 Å². The molecule has 0 saturated heterocycles. The van der Waals surface area contributed by atoms with Crippen molar-refractivity contribution < 1.29 is 24.5 Å². The van der Waals surface area contributed by atoms with Crippen LogP contribution in [0.4, 0.5) is 0 Å². The average molecular weight is 736 g/mol. The standard InChI is InChI=1S/C46H89NO5/c1-3-5-7-9-11-13-15-16-17-18-20-22-26-30-34-38-44(49)43(42-48)47-45(50)39-35-31-27-23-21-25-29-33-37-41-52-46(51)40-36-32-28-24-19-14-12-10-8-6-4-2/h34,38,43-44,48-49H,3-33,35-37,39-42H2,1-2H3,(H,47,50)/b38-34+. The zero-order chi connectivity index (χ0) is 38.0. The first-order valence-electron chi connectivity index (χ1n) is 23.0. The van der Waals surface area contributed by atoms with Crippen LogP contribution >= 0.6 is 0 Å². The second-order valence-corrected chi connectivity index (χ2v) is 15.7. The molecule has 0 saturated carbocycles. The number of ether oxygens (including phenoxy) is 1. The lowest BCUT2D eigenvalue weighted by molar-refractivity contribution is -0.143. The Balaban J connectivity index is 3.55. The monoisotopic (exact) mass is 736 g/mol. The predicted octanol–water partition coefficient (Wildman–Crippen LogP) is 13.0. The molecule has 0 spiro atoms. The number of amides is 1. The summed E-state index contributed by atoms with van der Waals surface area (Å²) in [6, 6.07) is -0.645. The molecular weight excluding hydrogens is 647 g/mol. The molecule has 308 valence electrons. The van der Waals surface area contributed by atoms with Crippen molar-refractivity contribution in [2.45, 2.75) is 257 Å². The molecule has 52 heavy (non-hydrogen) atoms. The summed E-state index contributed by atoms with van der Waals surface area (Å²) in [5, 5.41) is 23.0. The zero-order valence-electron chi connectivity index (χ0n) is 34.8. The Labute approximate surface area is 323 Å². The molecule has 0 aromatic heterocycles. The predicted molar refractivity (Wildman–Crippen MR) is 223 cm³/mol. The van der Waals surface area contributed by atoms with E-state index in [-0.39, 0.29) is 18.5 Å². The van der Waals surface area contributed by atoms with Crippen LogP contribution in [0.5, 0.6) is 0 Å². The molecule has 2 unspecified atom stereocenters. The van der Waals surface area contributed by atoms with Gasteiger partial charge in [-0.3, -0.25) is 9.59 Å². The van der Waals surface area contributed by atoms with Crippen molar-refractivity contribution in [2.75, 3.05) is 13.2 Å². The highest BCUT2D eigenvalue weighted by Gasteiger charge is 2.18. The van der Waals surface area contributed by atoms with Gasteiger partial charge in [-0.25, -0.2) is 0 Å². The van der Waals surface area contributed by atoms with Gasteiger partial charge in [0.05, 0.1) is 25.4 Å². The molecule has 6 nitrogen and oxygen atoms in total. The lowest BCUT2D eigenvalue weighted by atomic mass is 10.0. The second-order valence-electron chi connectivity index (χ2n) is 15.7. The van der Waals surface area contributed by atoms with Crippen molar-refractivity contribution in [1.29, 1.82) is 0 Å². The largest absolute Gasteiger partial charge is 0.466 e. The van der Waals surface area contributed by atoms with Crippen molar-refractivity contribution >= 4 is 11.9 Å². The molecule has 0 radical (unpaired) electrons. The van der Waals surface area contributed by atoms with E-state index >= 15 is 0 Å². The van der Waals surface area contributed by atoms with E-state index in [4.69, 9.17) is 4.74 Å². The van der Waals surface area contributed by atoms with Gasteiger partial charge >= 0.3 is 5.97 Å². The maximum absolute atomic E-state index is 12.4. The maximum atomic E-state index is 12.4. The summed E-state index contributed by atoms with van der Waals surface area (Å²) in [5.74, 6) is -0.123. The number of hydrogen-bond acceptors (Lipinski definition) is 5. The molecule has 1 amide bonds. The second kappa shape index (κ2) is 42.3. The minimum Gasteiger partial charge on any atom is -0.466 e. The van der Waals surface area contributed by atoms with Gasteiger partial charge in [0.1, 0.15) is 0 Å². The molecule has 0 bridgehead atoms. The molecule has 2 atom stereocenters. The summed E-state index contributed by atoms with van der Waals surface area (Å²) in [7, 11) is 0. The fraction of sp³-hybridized carbons (Fsp3) is 0.913. The third-order valence-electron chi connectivity index (χ3n) is 10.6. The quantitative estimate of drug-likeness (QED) is 0.0329. The fourth-order valence-corrected chi connectivity index (χ4v) is 6.98. The van der Waals surface area contributed by atoms with E-state index < -0.39 is 12.1 Å². The van der Waals surface area contributed by atoms with Crippen molar-refractivity contribution in [2.24, 2.45) is 0 Å². The highest BCUT2D eigenvalue weighted by molar-refractivity contribution is 5.76. The first kappa shape index (κ1) is 50.6. The van der Waals surface area contributed by atoms with Gasteiger partial charge in [-0.1, -0.05) is 212 Å². The number of aliphatic hydroxyl groups excluding tert-OH is 2. The molecule has 0 rings (SSSR count). The van der Waals surface area contributed by atoms with Crippen LogP contribution in [-0.4, -0.2) is 47.4 Å². The first-order chi connectivity index (χ1) is 25.5. The molecule has 0 fully saturated rings. The number of aliphatic hydroxyl groups is 2. The van der Waals surface area contributed by atoms with Crippen LogP contribution in [0.3, 0.4) is 0 Å². The van der Waals surface area contributed by atoms with E-state index in [1.807, 2.05) is 6.08 Å². The average Bonchev–Trinajstić information content (AvgIpc) is 3.14. The Morgan fingerprint density at radius 2 is 0.885 bits per heavy atom. The Morgan fingerprint density at radius 3 is 1.31 bits per heavy atom. The maximum Gasteiger partial charge on any atom is 0.305 e. The number of rotatable bonds is 42. The van der Waals surface area contributed by atoms with Crippen LogP contribution < -0.4 is 5.32 Å². The van der Waals surface area contributed by atoms with Gasteiger partial charge in [-0.2, -0.15) is 0 Å². The summed E-state index contributed by atoms with van der Waals surface area (Å²) >= 11 is 0. The van der Waals surface area contributed by atoms with E-state index in [9.17, 15) is 19.8 Å². The van der Waals surface area contributed by atoms with Gasteiger partial charge in [-0.05, 0) is 32.1 Å². The number of unbranched alkanes of at least 4 members (excludes halogenated alkanes) is 31. The lowest BCUT2D eigenvalue weighted by Crippen LogP contribution is -2.45. The molecule has 3 N–H and O–H groups in total. The summed E-state index contributed by atoms with van der Waals surface area (Å²) in [6.45, 7) is 4.83. The SMILES string of the molecule is CCCCCCCCCCCCCCC/C=C/C(O)C(CO)NC(=O)CCCCCCCCCCCOC(=O)CCCCCCCCCCCCC. The number of hydrogen-bond donors (Lipinski definition) is 3. The molecule has 0 aliphatic heterocycles. The molecule has 0 aromatic rings. The number of nitrogens with one attached hydrogen (secondary N) is 1. The number of allylic oxidation sites excluding steroid dienone is 1. The number of carbonyl (C=O) groups is 2. The summed E-state index contributed by atoms with van der Waals surface area (Å²) in [6.07, 6.45) is 46.2. The fourth-order valence-electron chi connectivity index (χ4n) is 6.98. The van der Waals surface area contributed by atoms with Gasteiger partial charge in [0.2, 0.25) is 5.91 Å². The highest BCUT2D eigenvalue weighted by atomic mass is 16.5. The van der Waals surface area contributed by atoms with Crippen LogP contribution in [0.1, 0.15) is 245 Å².